The molecule has 0 bridgehead atoms. The highest BCUT2D eigenvalue weighted by molar-refractivity contribution is 7.98. The van der Waals surface area contributed by atoms with Crippen LogP contribution in [-0.2, 0) is 5.75 Å². The predicted molar refractivity (Wildman–Crippen MR) is 72.0 cm³/mol. The minimum atomic E-state index is 0.0924. The molecule has 0 fully saturated rings. The highest BCUT2D eigenvalue weighted by Gasteiger charge is 2.09. The summed E-state index contributed by atoms with van der Waals surface area (Å²) in [5.41, 5.74) is 2.81. The summed E-state index contributed by atoms with van der Waals surface area (Å²) >= 11 is 1.69. The molecule has 0 atom stereocenters. The van der Waals surface area contributed by atoms with Gasteiger partial charge in [0.1, 0.15) is 5.76 Å². The number of nitrogens with zero attached hydrogens (tertiary/aromatic N) is 1. The molecule has 3 nitrogen and oxygen atoms in total. The Morgan fingerprint density at radius 1 is 1.39 bits per heavy atom. The highest BCUT2D eigenvalue weighted by Crippen LogP contribution is 2.26. The normalized spacial score (nSPS) is 10.6. The third kappa shape index (κ3) is 2.82. The Bertz CT molecular complexity index is 555. The van der Waals surface area contributed by atoms with Crippen LogP contribution < -0.4 is 0 Å². The second-order valence-electron chi connectivity index (χ2n) is 4.18. The molecule has 0 radical (unpaired) electrons. The minimum absolute atomic E-state index is 0.0924. The maximum Gasteiger partial charge on any atom is 0.159 e. The van der Waals surface area contributed by atoms with Crippen molar-refractivity contribution in [3.63, 3.8) is 0 Å². The molecule has 0 aliphatic rings. The summed E-state index contributed by atoms with van der Waals surface area (Å²) in [6.07, 6.45) is 0. The van der Waals surface area contributed by atoms with Gasteiger partial charge >= 0.3 is 0 Å². The average molecular weight is 261 g/mol. The van der Waals surface area contributed by atoms with Crippen LogP contribution >= 0.6 is 11.8 Å². The fourth-order valence-corrected chi connectivity index (χ4v) is 2.78. The number of ketones is 1. The Labute approximate surface area is 111 Å². The molecule has 18 heavy (non-hydrogen) atoms. The lowest BCUT2D eigenvalue weighted by Gasteiger charge is -2.03. The van der Waals surface area contributed by atoms with Crippen molar-refractivity contribution in [1.29, 1.82) is 0 Å². The van der Waals surface area contributed by atoms with Gasteiger partial charge in [-0.1, -0.05) is 17.3 Å². The molecule has 0 saturated carbocycles. The zero-order valence-electron chi connectivity index (χ0n) is 10.7. The Kier molecular flexibility index (Phi) is 3.87. The van der Waals surface area contributed by atoms with E-state index in [2.05, 4.69) is 5.16 Å². The first kappa shape index (κ1) is 12.9. The van der Waals surface area contributed by atoms with Gasteiger partial charge in [0.15, 0.2) is 5.78 Å². The van der Waals surface area contributed by atoms with E-state index < -0.39 is 0 Å². The predicted octanol–water partition coefficient (Wildman–Crippen LogP) is 3.79. The third-order valence-corrected chi connectivity index (χ3v) is 3.83. The van der Waals surface area contributed by atoms with E-state index in [4.69, 9.17) is 4.52 Å². The van der Waals surface area contributed by atoms with E-state index >= 15 is 0 Å². The fraction of sp³-hybridized carbons (Fsp3) is 0.286. The summed E-state index contributed by atoms with van der Waals surface area (Å²) in [7, 11) is 0. The van der Waals surface area contributed by atoms with E-state index in [0.717, 1.165) is 33.2 Å². The third-order valence-electron chi connectivity index (χ3n) is 2.80. The summed E-state index contributed by atoms with van der Waals surface area (Å²) < 4.78 is 5.13. The SMILES string of the molecule is CC(=O)c1cccc(SCc2c(C)noc2C)c1. The molecule has 4 heteroatoms. The van der Waals surface area contributed by atoms with Crippen LogP contribution in [0.3, 0.4) is 0 Å². The topological polar surface area (TPSA) is 43.1 Å². The summed E-state index contributed by atoms with van der Waals surface area (Å²) in [5, 5.41) is 3.93. The lowest BCUT2D eigenvalue weighted by Crippen LogP contribution is -1.91. The van der Waals surface area contributed by atoms with E-state index in [1.807, 2.05) is 38.1 Å². The second kappa shape index (κ2) is 5.40. The zero-order valence-corrected chi connectivity index (χ0v) is 11.5. The van der Waals surface area contributed by atoms with E-state index in [0.29, 0.717) is 0 Å². The maximum absolute atomic E-state index is 11.3. The number of carbonyl (C=O) groups excluding carboxylic acids is 1. The van der Waals surface area contributed by atoms with E-state index in [9.17, 15) is 4.79 Å². The van der Waals surface area contributed by atoms with Gasteiger partial charge in [-0.25, -0.2) is 0 Å². The van der Waals surface area contributed by atoms with Crippen molar-refractivity contribution >= 4 is 17.5 Å². The van der Waals surface area contributed by atoms with Crippen molar-refractivity contribution in [2.75, 3.05) is 0 Å². The molecule has 0 spiro atoms. The van der Waals surface area contributed by atoms with Gasteiger partial charge in [-0.3, -0.25) is 4.79 Å². The number of rotatable bonds is 4. The molecule has 0 amide bonds. The van der Waals surface area contributed by atoms with E-state index in [-0.39, 0.29) is 5.78 Å². The molecule has 0 unspecified atom stereocenters. The number of hydrogen-bond donors (Lipinski definition) is 0. The van der Waals surface area contributed by atoms with Crippen LogP contribution in [0.2, 0.25) is 0 Å². The number of hydrogen-bond acceptors (Lipinski definition) is 4. The van der Waals surface area contributed by atoms with Gasteiger partial charge in [-0.15, -0.1) is 11.8 Å². The molecular formula is C14H15NO2S. The van der Waals surface area contributed by atoms with Crippen molar-refractivity contribution < 1.29 is 9.32 Å². The molecule has 2 aromatic rings. The first-order valence-corrected chi connectivity index (χ1v) is 6.72. The molecule has 0 N–H and O–H groups in total. The second-order valence-corrected chi connectivity index (χ2v) is 5.22. The summed E-state index contributed by atoms with van der Waals surface area (Å²) in [6.45, 7) is 5.44. The maximum atomic E-state index is 11.3. The van der Waals surface area contributed by atoms with E-state index in [1.165, 1.54) is 0 Å². The lowest BCUT2D eigenvalue weighted by atomic mass is 10.2. The Morgan fingerprint density at radius 3 is 2.78 bits per heavy atom. The van der Waals surface area contributed by atoms with Crippen LogP contribution in [0.4, 0.5) is 0 Å². The van der Waals surface area contributed by atoms with Gasteiger partial charge in [-0.05, 0) is 32.9 Å². The van der Waals surface area contributed by atoms with Crippen molar-refractivity contribution in [2.45, 2.75) is 31.4 Å². The van der Waals surface area contributed by atoms with Crippen LogP contribution in [0.1, 0.15) is 34.3 Å². The number of benzene rings is 1. The lowest BCUT2D eigenvalue weighted by molar-refractivity contribution is 0.101. The monoisotopic (exact) mass is 261 g/mol. The number of thioether (sulfide) groups is 1. The van der Waals surface area contributed by atoms with Crippen molar-refractivity contribution in [1.82, 2.24) is 5.16 Å². The number of carbonyl (C=O) groups is 1. The summed E-state index contributed by atoms with van der Waals surface area (Å²) in [6, 6.07) is 7.68. The first-order chi connectivity index (χ1) is 8.58. The molecule has 0 saturated heterocycles. The van der Waals surface area contributed by atoms with Crippen LogP contribution in [0.15, 0.2) is 33.7 Å². The Morgan fingerprint density at radius 2 is 2.17 bits per heavy atom. The molecule has 2 rings (SSSR count). The van der Waals surface area contributed by atoms with Crippen molar-refractivity contribution in [3.05, 3.63) is 46.8 Å². The minimum Gasteiger partial charge on any atom is -0.361 e. The van der Waals surface area contributed by atoms with Gasteiger partial charge in [0.25, 0.3) is 0 Å². The smallest absolute Gasteiger partial charge is 0.159 e. The van der Waals surface area contributed by atoms with Crippen molar-refractivity contribution in [3.8, 4) is 0 Å². The van der Waals surface area contributed by atoms with E-state index in [1.54, 1.807) is 18.7 Å². The standard InChI is InChI=1S/C14H15NO2S/c1-9-14(11(3)17-15-9)8-18-13-6-4-5-12(7-13)10(2)16/h4-7H,8H2,1-3H3. The zero-order chi connectivity index (χ0) is 13.1. The molecule has 1 aromatic carbocycles. The fourth-order valence-electron chi connectivity index (χ4n) is 1.67. The summed E-state index contributed by atoms with van der Waals surface area (Å²) in [5.74, 6) is 1.76. The van der Waals surface area contributed by atoms with Gasteiger partial charge in [-0.2, -0.15) is 0 Å². The van der Waals surface area contributed by atoms with Crippen LogP contribution in [0.25, 0.3) is 0 Å². The quantitative estimate of drug-likeness (QED) is 0.620. The molecule has 0 aliphatic carbocycles. The number of Topliss-reactive ketones (excluding diaryl/α,β-unsaturated/α-hetero) is 1. The average Bonchev–Trinajstić information content (AvgIpc) is 2.67. The number of aromatic nitrogens is 1. The first-order valence-electron chi connectivity index (χ1n) is 5.73. The molecule has 94 valence electrons. The van der Waals surface area contributed by atoms with Crippen LogP contribution in [0.5, 0.6) is 0 Å². The van der Waals surface area contributed by atoms with Crippen LogP contribution in [-0.4, -0.2) is 10.9 Å². The van der Waals surface area contributed by atoms with Crippen LogP contribution in [0, 0.1) is 13.8 Å². The molecule has 1 aromatic heterocycles. The molecule has 1 heterocycles. The summed E-state index contributed by atoms with van der Waals surface area (Å²) in [4.78, 5) is 12.4. The Balaban J connectivity index is 2.11. The Hall–Kier alpha value is -1.55. The van der Waals surface area contributed by atoms with Gasteiger partial charge in [0, 0.05) is 21.8 Å². The van der Waals surface area contributed by atoms with Crippen molar-refractivity contribution in [2.24, 2.45) is 0 Å². The largest absolute Gasteiger partial charge is 0.361 e. The van der Waals surface area contributed by atoms with Gasteiger partial charge in [0.05, 0.1) is 5.69 Å². The highest BCUT2D eigenvalue weighted by atomic mass is 32.2. The molecule has 0 aliphatic heterocycles. The number of aryl methyl sites for hydroxylation is 2. The molecular weight excluding hydrogens is 246 g/mol. The van der Waals surface area contributed by atoms with Gasteiger partial charge < -0.3 is 4.52 Å². The van der Waals surface area contributed by atoms with Gasteiger partial charge in [0.2, 0.25) is 0 Å².